The van der Waals surface area contributed by atoms with Crippen LogP contribution in [0.2, 0.25) is 0 Å². The molecular weight excluding hydrogens is 332 g/mol. The molecule has 7 nitrogen and oxygen atoms in total. The molecule has 3 aromatic rings. The predicted octanol–water partition coefficient (Wildman–Crippen LogP) is 1.36. The maximum atomic E-state index is 12.4. The minimum Gasteiger partial charge on any atom is -0.352 e. The van der Waals surface area contributed by atoms with Crippen molar-refractivity contribution in [1.82, 2.24) is 20.6 Å². The maximum Gasteiger partial charge on any atom is 0.252 e. The zero-order chi connectivity index (χ0) is 18.4. The lowest BCUT2D eigenvalue weighted by molar-refractivity contribution is -0.121. The number of amides is 2. The standard InChI is InChI=1S/C19H18N4O3/c24-17(22-12-13-4-3-8-20-11-13)7-9-21-19(26)15-10-18(25)23-16-6-2-1-5-14(15)16/h1-6,8,10-11H,7,9,12H2,(H,21,26)(H,22,24)(H,23,25). The van der Waals surface area contributed by atoms with Crippen molar-refractivity contribution >= 4 is 22.7 Å². The van der Waals surface area contributed by atoms with E-state index in [1.54, 1.807) is 42.7 Å². The normalized spacial score (nSPS) is 10.5. The minimum atomic E-state index is -0.382. The molecule has 0 aliphatic rings. The van der Waals surface area contributed by atoms with Crippen molar-refractivity contribution in [2.75, 3.05) is 6.54 Å². The lowest BCUT2D eigenvalue weighted by Crippen LogP contribution is -2.31. The number of hydrogen-bond acceptors (Lipinski definition) is 4. The second-order valence-corrected chi connectivity index (χ2v) is 5.74. The first-order valence-electron chi connectivity index (χ1n) is 8.19. The quantitative estimate of drug-likeness (QED) is 0.624. The summed E-state index contributed by atoms with van der Waals surface area (Å²) in [5, 5.41) is 6.11. The molecule has 0 unspecified atom stereocenters. The average Bonchev–Trinajstić information content (AvgIpc) is 2.66. The van der Waals surface area contributed by atoms with Gasteiger partial charge in [-0.3, -0.25) is 19.4 Å². The van der Waals surface area contributed by atoms with E-state index in [-0.39, 0.29) is 30.3 Å². The van der Waals surface area contributed by atoms with Gasteiger partial charge in [-0.05, 0) is 17.7 Å². The number of aromatic nitrogens is 2. The molecule has 2 aromatic heterocycles. The van der Waals surface area contributed by atoms with Gasteiger partial charge in [0.2, 0.25) is 11.5 Å². The number of carbonyl (C=O) groups is 2. The summed E-state index contributed by atoms with van der Waals surface area (Å²) in [6.45, 7) is 0.568. The van der Waals surface area contributed by atoms with Gasteiger partial charge < -0.3 is 15.6 Å². The molecule has 7 heteroatoms. The Hall–Kier alpha value is -3.48. The summed E-state index contributed by atoms with van der Waals surface area (Å²) in [6.07, 6.45) is 3.49. The van der Waals surface area contributed by atoms with Gasteiger partial charge in [0.15, 0.2) is 0 Å². The van der Waals surface area contributed by atoms with Crippen molar-refractivity contribution in [3.05, 3.63) is 76.3 Å². The first-order chi connectivity index (χ1) is 12.6. The van der Waals surface area contributed by atoms with Gasteiger partial charge in [-0.15, -0.1) is 0 Å². The fourth-order valence-corrected chi connectivity index (χ4v) is 2.57. The van der Waals surface area contributed by atoms with Crippen molar-refractivity contribution < 1.29 is 9.59 Å². The van der Waals surface area contributed by atoms with Crippen LogP contribution in [0.4, 0.5) is 0 Å². The highest BCUT2D eigenvalue weighted by atomic mass is 16.2. The number of para-hydroxylation sites is 1. The number of fused-ring (bicyclic) bond motifs is 1. The number of rotatable bonds is 6. The summed E-state index contributed by atoms with van der Waals surface area (Å²) in [7, 11) is 0. The highest BCUT2D eigenvalue weighted by Gasteiger charge is 2.11. The molecular formula is C19H18N4O3. The van der Waals surface area contributed by atoms with Crippen LogP contribution >= 0.6 is 0 Å². The van der Waals surface area contributed by atoms with Gasteiger partial charge in [0, 0.05) is 48.9 Å². The number of benzene rings is 1. The first-order valence-corrected chi connectivity index (χ1v) is 8.19. The van der Waals surface area contributed by atoms with Gasteiger partial charge in [0.05, 0.1) is 5.56 Å². The van der Waals surface area contributed by atoms with Crippen LogP contribution in [0.25, 0.3) is 10.9 Å². The van der Waals surface area contributed by atoms with Crippen LogP contribution < -0.4 is 16.2 Å². The van der Waals surface area contributed by atoms with E-state index in [9.17, 15) is 14.4 Å². The van der Waals surface area contributed by atoms with Crippen LogP contribution in [0.5, 0.6) is 0 Å². The molecule has 3 N–H and O–H groups in total. The number of aromatic amines is 1. The summed E-state index contributed by atoms with van der Waals surface area (Å²) < 4.78 is 0. The van der Waals surface area contributed by atoms with Gasteiger partial charge in [-0.1, -0.05) is 24.3 Å². The molecule has 1 aromatic carbocycles. The number of hydrogen-bond donors (Lipinski definition) is 3. The zero-order valence-electron chi connectivity index (χ0n) is 14.0. The van der Waals surface area contributed by atoms with E-state index in [0.717, 1.165) is 5.56 Å². The summed E-state index contributed by atoms with van der Waals surface area (Å²) in [5.41, 5.74) is 1.45. The lowest BCUT2D eigenvalue weighted by Gasteiger charge is -2.08. The number of H-pyrrole nitrogens is 1. The van der Waals surface area contributed by atoms with Gasteiger partial charge in [0.25, 0.3) is 5.91 Å². The van der Waals surface area contributed by atoms with E-state index >= 15 is 0 Å². The third-order valence-corrected chi connectivity index (χ3v) is 3.85. The third-order valence-electron chi connectivity index (χ3n) is 3.85. The molecule has 0 aliphatic heterocycles. The summed E-state index contributed by atoms with van der Waals surface area (Å²) in [6, 6.07) is 12.0. The van der Waals surface area contributed by atoms with Crippen LogP contribution in [0, 0.1) is 0 Å². The maximum absolute atomic E-state index is 12.4. The smallest absolute Gasteiger partial charge is 0.252 e. The lowest BCUT2D eigenvalue weighted by atomic mass is 10.1. The molecule has 0 saturated heterocycles. The Bertz CT molecular complexity index is 983. The Balaban J connectivity index is 1.54. The van der Waals surface area contributed by atoms with Crippen molar-refractivity contribution in [3.8, 4) is 0 Å². The number of nitrogens with zero attached hydrogens (tertiary/aromatic N) is 1. The number of pyridine rings is 2. The largest absolute Gasteiger partial charge is 0.352 e. The molecule has 2 heterocycles. The van der Waals surface area contributed by atoms with E-state index in [4.69, 9.17) is 0 Å². The van der Waals surface area contributed by atoms with Gasteiger partial charge >= 0.3 is 0 Å². The van der Waals surface area contributed by atoms with Crippen molar-refractivity contribution in [2.24, 2.45) is 0 Å². The van der Waals surface area contributed by atoms with Crippen LogP contribution in [-0.2, 0) is 11.3 Å². The summed E-state index contributed by atoms with van der Waals surface area (Å²) in [5.74, 6) is -0.558. The SMILES string of the molecule is O=C(CCNC(=O)c1cc(=O)[nH]c2ccccc12)NCc1cccnc1. The third kappa shape index (κ3) is 4.32. The highest BCUT2D eigenvalue weighted by molar-refractivity contribution is 6.06. The molecule has 0 radical (unpaired) electrons. The van der Waals surface area contributed by atoms with Crippen LogP contribution in [-0.4, -0.2) is 28.3 Å². The summed E-state index contributed by atoms with van der Waals surface area (Å²) in [4.78, 5) is 42.6. The van der Waals surface area contributed by atoms with E-state index in [1.807, 2.05) is 6.07 Å². The first kappa shape index (κ1) is 17.3. The van der Waals surface area contributed by atoms with Gasteiger partial charge in [-0.2, -0.15) is 0 Å². The Morgan fingerprint density at radius 1 is 1.08 bits per heavy atom. The molecule has 2 amide bonds. The fraction of sp³-hybridized carbons (Fsp3) is 0.158. The number of carbonyl (C=O) groups excluding carboxylic acids is 2. The van der Waals surface area contributed by atoms with Crippen LogP contribution in [0.15, 0.2) is 59.7 Å². The molecule has 0 spiro atoms. The van der Waals surface area contributed by atoms with E-state index in [2.05, 4.69) is 20.6 Å². The second kappa shape index (κ2) is 8.06. The predicted molar refractivity (Wildman–Crippen MR) is 97.6 cm³/mol. The Morgan fingerprint density at radius 3 is 2.73 bits per heavy atom. The molecule has 0 fully saturated rings. The second-order valence-electron chi connectivity index (χ2n) is 5.74. The van der Waals surface area contributed by atoms with Crippen LogP contribution in [0.1, 0.15) is 22.3 Å². The Kier molecular flexibility index (Phi) is 5.38. The van der Waals surface area contributed by atoms with Crippen molar-refractivity contribution in [2.45, 2.75) is 13.0 Å². The molecule has 0 saturated carbocycles. The van der Waals surface area contributed by atoms with Gasteiger partial charge in [0.1, 0.15) is 0 Å². The van der Waals surface area contributed by atoms with Crippen molar-refractivity contribution in [3.63, 3.8) is 0 Å². The van der Waals surface area contributed by atoms with Crippen LogP contribution in [0.3, 0.4) is 0 Å². The molecule has 132 valence electrons. The number of nitrogens with one attached hydrogen (secondary N) is 3. The Morgan fingerprint density at radius 2 is 1.92 bits per heavy atom. The topological polar surface area (TPSA) is 104 Å². The highest BCUT2D eigenvalue weighted by Crippen LogP contribution is 2.14. The zero-order valence-corrected chi connectivity index (χ0v) is 14.0. The van der Waals surface area contributed by atoms with E-state index < -0.39 is 0 Å². The molecule has 26 heavy (non-hydrogen) atoms. The molecule has 0 bridgehead atoms. The average molecular weight is 350 g/mol. The fourth-order valence-electron chi connectivity index (χ4n) is 2.57. The molecule has 3 rings (SSSR count). The molecule has 0 atom stereocenters. The monoisotopic (exact) mass is 350 g/mol. The van der Waals surface area contributed by atoms with E-state index in [1.165, 1.54) is 6.07 Å². The Labute approximate surface area is 149 Å². The van der Waals surface area contributed by atoms with E-state index in [0.29, 0.717) is 23.0 Å². The summed E-state index contributed by atoms with van der Waals surface area (Å²) >= 11 is 0. The molecule has 0 aliphatic carbocycles. The van der Waals surface area contributed by atoms with Gasteiger partial charge in [-0.25, -0.2) is 0 Å². The van der Waals surface area contributed by atoms with Crippen molar-refractivity contribution in [1.29, 1.82) is 0 Å². The minimum absolute atomic E-state index is 0.146.